The zero-order valence-electron chi connectivity index (χ0n) is 10.1. The molecule has 0 saturated carbocycles. The fraction of sp³-hybridized carbons (Fsp3) is 0.833. The van der Waals surface area contributed by atoms with E-state index in [2.05, 4.69) is 30.0 Å². The Morgan fingerprint density at radius 2 is 2.20 bits per heavy atom. The molecular weight excluding hydrogens is 186 g/mol. The third-order valence-corrected chi connectivity index (χ3v) is 3.28. The van der Waals surface area contributed by atoms with Gasteiger partial charge in [-0.3, -0.25) is 10.2 Å². The molecule has 2 atom stereocenters. The third-order valence-electron chi connectivity index (χ3n) is 3.28. The summed E-state index contributed by atoms with van der Waals surface area (Å²) < 4.78 is 0. The normalized spacial score (nSPS) is 29.3. The molecule has 86 valence electrons. The molecule has 2 unspecified atom stereocenters. The quantitative estimate of drug-likeness (QED) is 0.659. The summed E-state index contributed by atoms with van der Waals surface area (Å²) >= 11 is 0. The Hall–Kier alpha value is -0.560. The van der Waals surface area contributed by atoms with Crippen molar-refractivity contribution >= 4 is 0 Å². The van der Waals surface area contributed by atoms with Crippen molar-refractivity contribution in [2.24, 2.45) is 5.73 Å². The van der Waals surface area contributed by atoms with Gasteiger partial charge in [0.15, 0.2) is 0 Å². The lowest BCUT2D eigenvalue weighted by Gasteiger charge is -2.32. The highest BCUT2D eigenvalue weighted by molar-refractivity contribution is 5.06. The van der Waals surface area contributed by atoms with Crippen molar-refractivity contribution in [2.75, 3.05) is 19.6 Å². The van der Waals surface area contributed by atoms with Gasteiger partial charge < -0.3 is 5.73 Å². The van der Waals surface area contributed by atoms with Crippen molar-refractivity contribution in [1.82, 2.24) is 10.2 Å². The SMILES string of the molecule is C#CC(C)NC1(CN)CCN(C(C)C)C1. The summed E-state index contributed by atoms with van der Waals surface area (Å²) in [5.74, 6) is 2.71. The summed E-state index contributed by atoms with van der Waals surface area (Å²) in [6.45, 7) is 9.22. The van der Waals surface area contributed by atoms with Crippen molar-refractivity contribution < 1.29 is 0 Å². The van der Waals surface area contributed by atoms with E-state index < -0.39 is 0 Å². The van der Waals surface area contributed by atoms with E-state index in [-0.39, 0.29) is 11.6 Å². The average Bonchev–Trinajstić information content (AvgIpc) is 2.63. The van der Waals surface area contributed by atoms with Gasteiger partial charge in [-0.2, -0.15) is 0 Å². The molecular formula is C12H23N3. The van der Waals surface area contributed by atoms with Gasteiger partial charge in [0.1, 0.15) is 0 Å². The third kappa shape index (κ3) is 2.94. The second-order valence-corrected chi connectivity index (χ2v) is 4.83. The number of likely N-dealkylation sites (tertiary alicyclic amines) is 1. The molecule has 1 saturated heterocycles. The van der Waals surface area contributed by atoms with Crippen LogP contribution in [0.4, 0.5) is 0 Å². The Bertz CT molecular complexity index is 244. The van der Waals surface area contributed by atoms with E-state index in [9.17, 15) is 0 Å². The summed E-state index contributed by atoms with van der Waals surface area (Å²) in [7, 11) is 0. The van der Waals surface area contributed by atoms with Crippen molar-refractivity contribution in [3.05, 3.63) is 0 Å². The molecule has 1 fully saturated rings. The Morgan fingerprint density at radius 1 is 1.53 bits per heavy atom. The van der Waals surface area contributed by atoms with Crippen LogP contribution in [0.5, 0.6) is 0 Å². The fourth-order valence-corrected chi connectivity index (χ4v) is 2.19. The second-order valence-electron chi connectivity index (χ2n) is 4.83. The highest BCUT2D eigenvalue weighted by atomic mass is 15.2. The minimum absolute atomic E-state index is 0.0239. The first kappa shape index (κ1) is 12.5. The van der Waals surface area contributed by atoms with Crippen LogP contribution >= 0.6 is 0 Å². The molecule has 1 aliphatic heterocycles. The maximum Gasteiger partial charge on any atom is 0.0663 e. The molecule has 0 bridgehead atoms. The Labute approximate surface area is 93.4 Å². The van der Waals surface area contributed by atoms with Crippen LogP contribution in [0.1, 0.15) is 27.2 Å². The second kappa shape index (κ2) is 4.98. The molecule has 0 radical (unpaired) electrons. The molecule has 1 aliphatic rings. The molecule has 0 aliphatic carbocycles. The van der Waals surface area contributed by atoms with Crippen molar-refractivity contribution in [3.63, 3.8) is 0 Å². The van der Waals surface area contributed by atoms with E-state index in [4.69, 9.17) is 12.2 Å². The molecule has 0 spiro atoms. The number of terminal acetylenes is 1. The summed E-state index contributed by atoms with van der Waals surface area (Å²) in [5.41, 5.74) is 5.90. The lowest BCUT2D eigenvalue weighted by Crippen LogP contribution is -2.56. The van der Waals surface area contributed by atoms with Gasteiger partial charge in [-0.1, -0.05) is 5.92 Å². The summed E-state index contributed by atoms with van der Waals surface area (Å²) in [4.78, 5) is 2.45. The summed E-state index contributed by atoms with van der Waals surface area (Å²) in [6.07, 6.45) is 6.48. The average molecular weight is 209 g/mol. The molecule has 0 aromatic carbocycles. The highest BCUT2D eigenvalue weighted by Crippen LogP contribution is 2.22. The number of nitrogens with zero attached hydrogens (tertiary/aromatic N) is 1. The zero-order valence-corrected chi connectivity index (χ0v) is 10.1. The van der Waals surface area contributed by atoms with Crippen LogP contribution in [0.25, 0.3) is 0 Å². The number of nitrogens with two attached hydrogens (primary N) is 1. The number of nitrogens with one attached hydrogen (secondary N) is 1. The van der Waals surface area contributed by atoms with E-state index in [1.54, 1.807) is 0 Å². The number of rotatable bonds is 4. The van der Waals surface area contributed by atoms with Crippen LogP contribution in [0.2, 0.25) is 0 Å². The molecule has 3 N–H and O–H groups in total. The molecule has 0 aromatic heterocycles. The first-order valence-corrected chi connectivity index (χ1v) is 5.71. The standard InChI is InChI=1S/C12H23N3/c1-5-11(4)14-12(8-13)6-7-15(9-12)10(2)3/h1,10-11,14H,6-9,13H2,2-4H3. The zero-order chi connectivity index (χ0) is 11.5. The van der Waals surface area contributed by atoms with E-state index in [1.807, 2.05) is 6.92 Å². The summed E-state index contributed by atoms with van der Waals surface area (Å²) in [5, 5.41) is 3.47. The maximum absolute atomic E-state index is 5.88. The van der Waals surface area contributed by atoms with Crippen LogP contribution in [0, 0.1) is 12.3 Å². The van der Waals surface area contributed by atoms with E-state index in [0.29, 0.717) is 12.6 Å². The molecule has 1 rings (SSSR count). The predicted octanol–water partition coefficient (Wildman–Crippen LogP) is 0.409. The predicted molar refractivity (Wildman–Crippen MR) is 64.5 cm³/mol. The minimum atomic E-state index is 0.0239. The Balaban J connectivity index is 2.61. The van der Waals surface area contributed by atoms with Crippen molar-refractivity contribution in [2.45, 2.75) is 44.8 Å². The van der Waals surface area contributed by atoms with Crippen molar-refractivity contribution in [3.8, 4) is 12.3 Å². The topological polar surface area (TPSA) is 41.3 Å². The van der Waals surface area contributed by atoms with Gasteiger partial charge in [-0.05, 0) is 27.2 Å². The molecule has 3 nitrogen and oxygen atoms in total. The van der Waals surface area contributed by atoms with Gasteiger partial charge in [0, 0.05) is 31.2 Å². The Morgan fingerprint density at radius 3 is 2.60 bits per heavy atom. The fourth-order valence-electron chi connectivity index (χ4n) is 2.19. The smallest absolute Gasteiger partial charge is 0.0663 e. The largest absolute Gasteiger partial charge is 0.329 e. The maximum atomic E-state index is 5.88. The van der Waals surface area contributed by atoms with Gasteiger partial charge in [0.2, 0.25) is 0 Å². The van der Waals surface area contributed by atoms with E-state index >= 15 is 0 Å². The molecule has 15 heavy (non-hydrogen) atoms. The number of hydrogen-bond acceptors (Lipinski definition) is 3. The number of hydrogen-bond donors (Lipinski definition) is 2. The van der Waals surface area contributed by atoms with Gasteiger partial charge in [-0.25, -0.2) is 0 Å². The molecule has 1 heterocycles. The molecule has 3 heteroatoms. The lowest BCUT2D eigenvalue weighted by molar-refractivity contribution is 0.238. The first-order chi connectivity index (χ1) is 7.03. The minimum Gasteiger partial charge on any atom is -0.329 e. The molecule has 0 amide bonds. The van der Waals surface area contributed by atoms with Crippen LogP contribution < -0.4 is 11.1 Å². The van der Waals surface area contributed by atoms with Crippen molar-refractivity contribution in [1.29, 1.82) is 0 Å². The van der Waals surface area contributed by atoms with E-state index in [1.165, 1.54) is 0 Å². The first-order valence-electron chi connectivity index (χ1n) is 5.71. The van der Waals surface area contributed by atoms with Gasteiger partial charge >= 0.3 is 0 Å². The van der Waals surface area contributed by atoms with Crippen LogP contribution in [-0.4, -0.2) is 42.2 Å². The van der Waals surface area contributed by atoms with Gasteiger partial charge in [0.05, 0.1) is 6.04 Å². The van der Waals surface area contributed by atoms with Crippen LogP contribution in [0.15, 0.2) is 0 Å². The van der Waals surface area contributed by atoms with E-state index in [0.717, 1.165) is 19.5 Å². The Kier molecular flexibility index (Phi) is 4.15. The monoisotopic (exact) mass is 209 g/mol. The molecule has 0 aromatic rings. The van der Waals surface area contributed by atoms with Gasteiger partial charge in [0.25, 0.3) is 0 Å². The van der Waals surface area contributed by atoms with Crippen LogP contribution in [-0.2, 0) is 0 Å². The lowest BCUT2D eigenvalue weighted by atomic mass is 9.97. The highest BCUT2D eigenvalue weighted by Gasteiger charge is 2.38. The van der Waals surface area contributed by atoms with Crippen LogP contribution in [0.3, 0.4) is 0 Å². The van der Waals surface area contributed by atoms with Gasteiger partial charge in [-0.15, -0.1) is 6.42 Å². The summed E-state index contributed by atoms with van der Waals surface area (Å²) in [6, 6.07) is 0.682.